The van der Waals surface area contributed by atoms with Crippen LogP contribution in [0.25, 0.3) is 10.8 Å². The second-order valence-corrected chi connectivity index (χ2v) is 12.1. The van der Waals surface area contributed by atoms with E-state index in [0.29, 0.717) is 39.6 Å². The molecular formula is C27H31Cl2N3O3S. The molecule has 3 atom stereocenters. The van der Waals surface area contributed by atoms with E-state index in [1.54, 1.807) is 36.4 Å². The van der Waals surface area contributed by atoms with Gasteiger partial charge in [-0.2, -0.15) is 0 Å². The maximum Gasteiger partial charge on any atom is 0.251 e. The number of carbonyl (C=O) groups excluding carboxylic acids is 1. The molecule has 9 heteroatoms. The van der Waals surface area contributed by atoms with Crippen molar-refractivity contribution in [3.8, 4) is 0 Å². The van der Waals surface area contributed by atoms with Gasteiger partial charge in [0.2, 0.25) is 10.0 Å². The Morgan fingerprint density at radius 1 is 1.00 bits per heavy atom. The van der Waals surface area contributed by atoms with Gasteiger partial charge >= 0.3 is 0 Å². The number of likely N-dealkylation sites (tertiary alicyclic amines) is 1. The van der Waals surface area contributed by atoms with E-state index >= 15 is 0 Å². The predicted octanol–water partition coefficient (Wildman–Crippen LogP) is 5.49. The number of sulfonamides is 1. The summed E-state index contributed by atoms with van der Waals surface area (Å²) in [5.74, 6) is -0.355. The van der Waals surface area contributed by atoms with Gasteiger partial charge in [0.25, 0.3) is 5.91 Å². The summed E-state index contributed by atoms with van der Waals surface area (Å²) >= 11 is 12.2. The van der Waals surface area contributed by atoms with Crippen molar-refractivity contribution in [3.63, 3.8) is 0 Å². The Kier molecular flexibility index (Phi) is 8.58. The molecule has 1 aliphatic heterocycles. The van der Waals surface area contributed by atoms with Crippen LogP contribution >= 0.6 is 23.2 Å². The van der Waals surface area contributed by atoms with Gasteiger partial charge < -0.3 is 5.32 Å². The summed E-state index contributed by atoms with van der Waals surface area (Å²) in [5, 5.41) is 5.23. The minimum atomic E-state index is -3.83. The Morgan fingerprint density at radius 2 is 1.64 bits per heavy atom. The molecule has 3 aromatic carbocycles. The lowest BCUT2D eigenvalue weighted by Crippen LogP contribution is -2.54. The molecule has 0 unspecified atom stereocenters. The molecule has 0 spiro atoms. The number of hydrogen-bond donors (Lipinski definition) is 2. The summed E-state index contributed by atoms with van der Waals surface area (Å²) in [6, 6.07) is 17.4. The highest BCUT2D eigenvalue weighted by molar-refractivity contribution is 7.89. The Balaban J connectivity index is 1.57. The number of piperidine rings is 1. The van der Waals surface area contributed by atoms with Crippen LogP contribution < -0.4 is 10.0 Å². The molecule has 1 heterocycles. The van der Waals surface area contributed by atoms with Crippen LogP contribution in [0.5, 0.6) is 0 Å². The number of halogens is 2. The van der Waals surface area contributed by atoms with E-state index < -0.39 is 16.1 Å². The van der Waals surface area contributed by atoms with Crippen LogP contribution in [0.3, 0.4) is 0 Å². The third kappa shape index (κ3) is 6.39. The molecule has 2 N–H and O–H groups in total. The lowest BCUT2D eigenvalue weighted by atomic mass is 9.97. The first-order chi connectivity index (χ1) is 17.1. The molecule has 0 bridgehead atoms. The number of carbonyl (C=O) groups is 1. The fourth-order valence-electron chi connectivity index (χ4n) is 4.92. The van der Waals surface area contributed by atoms with Crippen LogP contribution in [0.1, 0.15) is 43.5 Å². The molecule has 0 aliphatic carbocycles. The molecule has 3 aromatic rings. The second-order valence-electron chi connectivity index (χ2n) is 9.48. The largest absolute Gasteiger partial charge is 0.347 e. The Hall–Kier alpha value is -2.16. The summed E-state index contributed by atoms with van der Waals surface area (Å²) in [4.78, 5) is 15.7. The number of rotatable bonds is 8. The van der Waals surface area contributed by atoms with Gasteiger partial charge in [0.1, 0.15) is 0 Å². The smallest absolute Gasteiger partial charge is 0.251 e. The molecule has 1 saturated heterocycles. The molecule has 1 amide bonds. The Bertz CT molecular complexity index is 1310. The normalized spacial score (nSPS) is 19.8. The number of nitrogens with zero attached hydrogens (tertiary/aromatic N) is 1. The average Bonchev–Trinajstić information content (AvgIpc) is 2.83. The minimum Gasteiger partial charge on any atom is -0.347 e. The maximum absolute atomic E-state index is 13.3. The number of nitrogens with one attached hydrogen (secondary N) is 2. The molecule has 192 valence electrons. The number of hydrogen-bond acceptors (Lipinski definition) is 4. The molecule has 1 fully saturated rings. The lowest BCUT2D eigenvalue weighted by molar-refractivity contribution is 0.0799. The van der Waals surface area contributed by atoms with Crippen molar-refractivity contribution in [1.82, 2.24) is 14.9 Å². The summed E-state index contributed by atoms with van der Waals surface area (Å²) in [5.41, 5.74) is 0.328. The van der Waals surface area contributed by atoms with Crippen LogP contribution in [-0.2, 0) is 10.0 Å². The molecule has 4 rings (SSSR count). The van der Waals surface area contributed by atoms with Gasteiger partial charge in [-0.3, -0.25) is 9.69 Å². The molecule has 0 radical (unpaired) electrons. The first-order valence-electron chi connectivity index (χ1n) is 12.1. The van der Waals surface area contributed by atoms with Crippen LogP contribution in [0.2, 0.25) is 10.0 Å². The van der Waals surface area contributed by atoms with Crippen molar-refractivity contribution in [1.29, 1.82) is 0 Å². The summed E-state index contributed by atoms with van der Waals surface area (Å²) in [6.07, 6.45) is 3.29. The first kappa shape index (κ1) is 26.9. The van der Waals surface area contributed by atoms with E-state index in [-0.39, 0.29) is 17.3 Å². The third-order valence-electron chi connectivity index (χ3n) is 6.83. The predicted molar refractivity (Wildman–Crippen MR) is 146 cm³/mol. The van der Waals surface area contributed by atoms with E-state index in [1.807, 2.05) is 24.3 Å². The molecule has 1 aliphatic rings. The highest BCUT2D eigenvalue weighted by Gasteiger charge is 2.29. The number of fused-ring (bicyclic) bond motifs is 1. The van der Waals surface area contributed by atoms with Crippen molar-refractivity contribution < 1.29 is 13.2 Å². The van der Waals surface area contributed by atoms with Gasteiger partial charge in [0.15, 0.2) is 0 Å². The average molecular weight is 549 g/mol. The SMILES string of the molecule is C[C@@H]1CCC[C@H](C)N1C[C@H](CNS(=O)(=O)c1cccc2ccccc12)NC(=O)c1cc(Cl)cc(Cl)c1. The quantitative estimate of drug-likeness (QED) is 0.391. The zero-order chi connectivity index (χ0) is 25.9. The van der Waals surface area contributed by atoms with Gasteiger partial charge in [0.05, 0.1) is 10.9 Å². The van der Waals surface area contributed by atoms with E-state index in [1.165, 1.54) is 0 Å². The van der Waals surface area contributed by atoms with E-state index in [4.69, 9.17) is 23.2 Å². The molecule has 36 heavy (non-hydrogen) atoms. The zero-order valence-corrected chi connectivity index (χ0v) is 22.7. The summed E-state index contributed by atoms with van der Waals surface area (Å²) < 4.78 is 29.4. The second kappa shape index (κ2) is 11.5. The minimum absolute atomic E-state index is 0.0432. The molecule has 6 nitrogen and oxygen atoms in total. The maximum atomic E-state index is 13.3. The van der Waals surface area contributed by atoms with E-state index in [0.717, 1.165) is 24.6 Å². The summed E-state index contributed by atoms with van der Waals surface area (Å²) in [7, 11) is -3.83. The number of amides is 1. The standard InChI is InChI=1S/C27H31Cl2N3O3S/c1-18-7-5-8-19(2)32(18)17-24(31-27(33)21-13-22(28)15-23(29)14-21)16-30-36(34,35)26-12-6-10-20-9-3-4-11-25(20)26/h3-4,6,9-15,18-19,24,30H,5,7-8,16-17H2,1-2H3,(H,31,33)/t18-,19+,24-/m0/s1. The number of benzene rings is 3. The highest BCUT2D eigenvalue weighted by Crippen LogP contribution is 2.25. The highest BCUT2D eigenvalue weighted by atomic mass is 35.5. The molecule has 0 saturated carbocycles. The molecule has 0 aromatic heterocycles. The van der Waals surface area contributed by atoms with Gasteiger partial charge in [-0.25, -0.2) is 13.1 Å². The van der Waals surface area contributed by atoms with Gasteiger partial charge in [-0.05, 0) is 56.3 Å². The van der Waals surface area contributed by atoms with Crippen molar-refractivity contribution in [2.45, 2.75) is 56.1 Å². The van der Waals surface area contributed by atoms with Gasteiger partial charge in [0, 0.05) is 46.2 Å². The first-order valence-corrected chi connectivity index (χ1v) is 14.4. The van der Waals surface area contributed by atoms with Crippen molar-refractivity contribution in [3.05, 3.63) is 76.3 Å². The van der Waals surface area contributed by atoms with Crippen LogP contribution in [0.15, 0.2) is 65.6 Å². The monoisotopic (exact) mass is 547 g/mol. The lowest BCUT2D eigenvalue weighted by Gasteiger charge is -2.41. The Morgan fingerprint density at radius 3 is 2.33 bits per heavy atom. The Labute approximate surface area is 223 Å². The van der Waals surface area contributed by atoms with E-state index in [9.17, 15) is 13.2 Å². The van der Waals surface area contributed by atoms with Crippen molar-refractivity contribution in [2.75, 3.05) is 13.1 Å². The summed E-state index contributed by atoms with van der Waals surface area (Å²) in [6.45, 7) is 4.90. The van der Waals surface area contributed by atoms with Gasteiger partial charge in [-0.1, -0.05) is 66.0 Å². The third-order valence-corrected chi connectivity index (χ3v) is 8.74. The van der Waals surface area contributed by atoms with Crippen molar-refractivity contribution in [2.24, 2.45) is 0 Å². The topological polar surface area (TPSA) is 78.5 Å². The zero-order valence-electron chi connectivity index (χ0n) is 20.4. The van der Waals surface area contributed by atoms with E-state index in [2.05, 4.69) is 28.8 Å². The fourth-order valence-corrected chi connectivity index (χ4v) is 6.76. The van der Waals surface area contributed by atoms with Crippen LogP contribution in [0, 0.1) is 0 Å². The van der Waals surface area contributed by atoms with Crippen LogP contribution in [-0.4, -0.2) is 50.4 Å². The molecular weight excluding hydrogens is 517 g/mol. The van der Waals surface area contributed by atoms with Gasteiger partial charge in [-0.15, -0.1) is 0 Å². The fraction of sp³-hybridized carbons (Fsp3) is 0.370. The van der Waals surface area contributed by atoms with Crippen LogP contribution in [0.4, 0.5) is 0 Å². The van der Waals surface area contributed by atoms with Crippen molar-refractivity contribution >= 4 is 49.9 Å².